The molecule has 0 bridgehead atoms. The van der Waals surface area contributed by atoms with Crippen LogP contribution in [0.2, 0.25) is 0 Å². The summed E-state index contributed by atoms with van der Waals surface area (Å²) in [6.45, 7) is 8.00. The Balaban J connectivity index is 2.50. The Hall–Kier alpha value is -0.610. The Labute approximate surface area is 98.1 Å². The van der Waals surface area contributed by atoms with Crippen LogP contribution in [0.1, 0.15) is 40.0 Å². The van der Waals surface area contributed by atoms with Gasteiger partial charge in [0.1, 0.15) is 6.10 Å². The molecule has 94 valence electrons. The number of hydrogen-bond donors (Lipinski definition) is 1. The molecular formula is C12H24N2O2. The molecule has 1 amide bonds. The molecule has 0 spiro atoms. The number of carbonyl (C=O) groups is 1. The number of nitrogens with zero attached hydrogens (tertiary/aromatic N) is 1. The van der Waals surface area contributed by atoms with E-state index in [4.69, 9.17) is 10.5 Å². The average molecular weight is 228 g/mol. The van der Waals surface area contributed by atoms with E-state index in [1.165, 1.54) is 0 Å². The van der Waals surface area contributed by atoms with Gasteiger partial charge in [-0.3, -0.25) is 4.79 Å². The minimum atomic E-state index is -0.383. The molecule has 4 heteroatoms. The monoisotopic (exact) mass is 228 g/mol. The lowest BCUT2D eigenvalue weighted by Crippen LogP contribution is -2.45. The van der Waals surface area contributed by atoms with Crippen molar-refractivity contribution in [3.63, 3.8) is 0 Å². The number of nitrogens with two attached hydrogens (primary N) is 1. The van der Waals surface area contributed by atoms with Gasteiger partial charge in [-0.1, -0.05) is 6.92 Å². The van der Waals surface area contributed by atoms with Gasteiger partial charge in [0.25, 0.3) is 5.91 Å². The van der Waals surface area contributed by atoms with Crippen LogP contribution in [0.4, 0.5) is 0 Å². The zero-order valence-electron chi connectivity index (χ0n) is 10.7. The van der Waals surface area contributed by atoms with Crippen LogP contribution in [0.25, 0.3) is 0 Å². The Morgan fingerprint density at radius 1 is 1.50 bits per heavy atom. The van der Waals surface area contributed by atoms with Crippen LogP contribution in [0.15, 0.2) is 0 Å². The Kier molecular flexibility index (Phi) is 4.74. The summed E-state index contributed by atoms with van der Waals surface area (Å²) >= 11 is 0. The van der Waals surface area contributed by atoms with Crippen molar-refractivity contribution in [2.75, 3.05) is 19.6 Å². The number of hydrogen-bond acceptors (Lipinski definition) is 3. The predicted octanol–water partition coefficient (Wildman–Crippen LogP) is 1.14. The van der Waals surface area contributed by atoms with Gasteiger partial charge < -0.3 is 15.4 Å². The summed E-state index contributed by atoms with van der Waals surface area (Å²) in [6.07, 6.45) is 2.66. The molecule has 0 saturated carbocycles. The third kappa shape index (κ3) is 3.19. The second kappa shape index (κ2) is 5.64. The topological polar surface area (TPSA) is 55.6 Å². The molecule has 1 saturated heterocycles. The molecule has 0 aliphatic carbocycles. The number of ether oxygens (including phenoxy) is 1. The van der Waals surface area contributed by atoms with Crippen LogP contribution in [0.3, 0.4) is 0 Å². The summed E-state index contributed by atoms with van der Waals surface area (Å²) in [6, 6.07) is 0. The lowest BCUT2D eigenvalue weighted by atomic mass is 10.0. The first-order valence-corrected chi connectivity index (χ1v) is 6.19. The maximum Gasteiger partial charge on any atom is 0.251 e. The molecule has 1 aliphatic heterocycles. The van der Waals surface area contributed by atoms with E-state index in [0.717, 1.165) is 32.4 Å². The van der Waals surface area contributed by atoms with Gasteiger partial charge in [-0.05, 0) is 33.1 Å². The van der Waals surface area contributed by atoms with Gasteiger partial charge in [-0.15, -0.1) is 0 Å². The Bertz CT molecular complexity index is 233. The summed E-state index contributed by atoms with van der Waals surface area (Å²) in [4.78, 5) is 13.9. The molecule has 2 atom stereocenters. The highest BCUT2D eigenvalue weighted by Crippen LogP contribution is 2.18. The molecule has 1 heterocycles. The van der Waals surface area contributed by atoms with Crippen molar-refractivity contribution < 1.29 is 9.53 Å². The predicted molar refractivity (Wildman–Crippen MR) is 64.1 cm³/mol. The largest absolute Gasteiger partial charge is 0.361 e. The first-order chi connectivity index (χ1) is 7.52. The number of likely N-dealkylation sites (tertiary alicyclic amines) is 1. The van der Waals surface area contributed by atoms with E-state index in [1.807, 2.05) is 25.7 Å². The van der Waals surface area contributed by atoms with Crippen molar-refractivity contribution >= 4 is 5.91 Å². The third-order valence-corrected chi connectivity index (χ3v) is 3.41. The van der Waals surface area contributed by atoms with Crippen LogP contribution >= 0.6 is 0 Å². The minimum absolute atomic E-state index is 0.102. The zero-order valence-corrected chi connectivity index (χ0v) is 10.7. The first-order valence-electron chi connectivity index (χ1n) is 6.19. The van der Waals surface area contributed by atoms with Crippen molar-refractivity contribution in [2.45, 2.75) is 51.7 Å². The van der Waals surface area contributed by atoms with Gasteiger partial charge in [-0.25, -0.2) is 0 Å². The van der Waals surface area contributed by atoms with Gasteiger partial charge >= 0.3 is 0 Å². The molecule has 0 aromatic carbocycles. The summed E-state index contributed by atoms with van der Waals surface area (Å²) in [5.74, 6) is 0.102. The first kappa shape index (κ1) is 13.5. The molecule has 4 nitrogen and oxygen atoms in total. The molecule has 2 unspecified atom stereocenters. The van der Waals surface area contributed by atoms with E-state index in [9.17, 15) is 4.79 Å². The Morgan fingerprint density at radius 3 is 2.50 bits per heavy atom. The summed E-state index contributed by atoms with van der Waals surface area (Å²) in [5.41, 5.74) is 5.29. The van der Waals surface area contributed by atoms with E-state index in [-0.39, 0.29) is 17.6 Å². The van der Waals surface area contributed by atoms with Gasteiger partial charge in [0.15, 0.2) is 0 Å². The van der Waals surface area contributed by atoms with E-state index >= 15 is 0 Å². The molecule has 0 aromatic heterocycles. The van der Waals surface area contributed by atoms with Gasteiger partial charge in [-0.2, -0.15) is 0 Å². The fourth-order valence-electron chi connectivity index (χ4n) is 1.95. The minimum Gasteiger partial charge on any atom is -0.361 e. The summed E-state index contributed by atoms with van der Waals surface area (Å²) in [5, 5.41) is 0. The van der Waals surface area contributed by atoms with Crippen LogP contribution in [-0.2, 0) is 9.53 Å². The summed E-state index contributed by atoms with van der Waals surface area (Å²) < 4.78 is 5.79. The highest BCUT2D eigenvalue weighted by Gasteiger charge is 2.30. The summed E-state index contributed by atoms with van der Waals surface area (Å²) in [7, 11) is 0. The average Bonchev–Trinajstić information content (AvgIpc) is 2.81. The van der Waals surface area contributed by atoms with Crippen LogP contribution in [0, 0.1) is 0 Å². The van der Waals surface area contributed by atoms with Crippen LogP contribution in [0.5, 0.6) is 0 Å². The van der Waals surface area contributed by atoms with E-state index in [0.29, 0.717) is 6.54 Å². The van der Waals surface area contributed by atoms with Crippen molar-refractivity contribution in [2.24, 2.45) is 5.73 Å². The molecule has 16 heavy (non-hydrogen) atoms. The highest BCUT2D eigenvalue weighted by molar-refractivity contribution is 5.80. The fourth-order valence-corrected chi connectivity index (χ4v) is 1.95. The number of amides is 1. The van der Waals surface area contributed by atoms with Crippen molar-refractivity contribution in [3.05, 3.63) is 0 Å². The van der Waals surface area contributed by atoms with Crippen LogP contribution in [-0.4, -0.2) is 42.1 Å². The van der Waals surface area contributed by atoms with Gasteiger partial charge in [0, 0.05) is 19.6 Å². The SMILES string of the molecule is CCC(C)(CN)OC(C)C(=O)N1CCCC1. The second-order valence-electron chi connectivity index (χ2n) is 4.80. The third-order valence-electron chi connectivity index (χ3n) is 3.41. The Morgan fingerprint density at radius 2 is 2.06 bits per heavy atom. The molecule has 2 N–H and O–H groups in total. The molecule has 1 aliphatic rings. The lowest BCUT2D eigenvalue weighted by Gasteiger charge is -2.31. The van der Waals surface area contributed by atoms with E-state index in [2.05, 4.69) is 0 Å². The zero-order chi connectivity index (χ0) is 12.2. The van der Waals surface area contributed by atoms with E-state index in [1.54, 1.807) is 0 Å². The molecule has 1 rings (SSSR count). The standard InChI is InChI=1S/C12H24N2O2/c1-4-12(3,9-13)16-10(2)11(15)14-7-5-6-8-14/h10H,4-9,13H2,1-3H3. The smallest absolute Gasteiger partial charge is 0.251 e. The second-order valence-corrected chi connectivity index (χ2v) is 4.80. The van der Waals surface area contributed by atoms with Crippen molar-refractivity contribution in [3.8, 4) is 0 Å². The van der Waals surface area contributed by atoms with Crippen molar-refractivity contribution in [1.29, 1.82) is 0 Å². The van der Waals surface area contributed by atoms with E-state index < -0.39 is 0 Å². The number of rotatable bonds is 5. The molecule has 0 aromatic rings. The molecule has 0 radical (unpaired) electrons. The lowest BCUT2D eigenvalue weighted by molar-refractivity contribution is -0.152. The van der Waals surface area contributed by atoms with Gasteiger partial charge in [0.05, 0.1) is 5.60 Å². The maximum atomic E-state index is 12.0. The van der Waals surface area contributed by atoms with Crippen molar-refractivity contribution in [1.82, 2.24) is 4.90 Å². The molecule has 1 fully saturated rings. The maximum absolute atomic E-state index is 12.0. The fraction of sp³-hybridized carbons (Fsp3) is 0.917. The number of carbonyl (C=O) groups excluding carboxylic acids is 1. The highest BCUT2D eigenvalue weighted by atomic mass is 16.5. The van der Waals surface area contributed by atoms with Crippen LogP contribution < -0.4 is 5.73 Å². The quantitative estimate of drug-likeness (QED) is 0.767. The van der Waals surface area contributed by atoms with Gasteiger partial charge in [0.2, 0.25) is 0 Å². The molecular weight excluding hydrogens is 204 g/mol. The normalized spacial score (nSPS) is 21.9.